The molecular weight excluding hydrogens is 368 g/mol. The lowest BCUT2D eigenvalue weighted by Crippen LogP contribution is -2.17. The number of phenolic OH excluding ortho intramolecular Hbond substituents is 1. The number of halogens is 1. The second-order valence-electron chi connectivity index (χ2n) is 6.06. The van der Waals surface area contributed by atoms with Crippen LogP contribution in [0.5, 0.6) is 5.75 Å². The van der Waals surface area contributed by atoms with Crippen molar-refractivity contribution in [3.63, 3.8) is 0 Å². The number of nitrogens with one attached hydrogen (secondary N) is 2. The minimum atomic E-state index is -0.602. The number of fused-ring (bicyclic) bond motifs is 1. The standard InChI is InChI=1S/C19H19ClN4O3/c20-14-3-4-15-16(6-9-23-17(15)11-14)22-8-1-7-21-12-13-2-5-18(24(26)27)19(25)10-13/h2-6,9-11,21,25H,1,7-8,12H2,(H,22,23). The summed E-state index contributed by atoms with van der Waals surface area (Å²) in [7, 11) is 0. The average Bonchev–Trinajstić information content (AvgIpc) is 2.64. The molecule has 0 spiro atoms. The maximum Gasteiger partial charge on any atom is 0.310 e. The van der Waals surface area contributed by atoms with Crippen LogP contribution in [0.2, 0.25) is 5.02 Å². The van der Waals surface area contributed by atoms with E-state index < -0.39 is 4.92 Å². The summed E-state index contributed by atoms with van der Waals surface area (Å²) < 4.78 is 0. The van der Waals surface area contributed by atoms with Crippen molar-refractivity contribution < 1.29 is 10.0 Å². The van der Waals surface area contributed by atoms with Crippen molar-refractivity contribution in [1.82, 2.24) is 10.3 Å². The zero-order valence-corrected chi connectivity index (χ0v) is 15.2. The Kier molecular flexibility index (Phi) is 6.05. The topological polar surface area (TPSA) is 100 Å². The predicted octanol–water partition coefficient (Wildman–Crippen LogP) is 4.09. The van der Waals surface area contributed by atoms with Crippen LogP contribution in [0.1, 0.15) is 12.0 Å². The van der Waals surface area contributed by atoms with Gasteiger partial charge in [-0.2, -0.15) is 0 Å². The Labute approximate surface area is 161 Å². The van der Waals surface area contributed by atoms with Gasteiger partial charge in [-0.3, -0.25) is 15.1 Å². The Bertz CT molecular complexity index is 965. The van der Waals surface area contributed by atoms with E-state index in [0.29, 0.717) is 11.6 Å². The highest BCUT2D eigenvalue weighted by molar-refractivity contribution is 6.31. The zero-order valence-electron chi connectivity index (χ0n) is 14.5. The van der Waals surface area contributed by atoms with E-state index in [9.17, 15) is 15.2 Å². The number of nitro benzene ring substituents is 1. The SMILES string of the molecule is O=[N+]([O-])c1ccc(CNCCCNc2ccnc3cc(Cl)ccc23)cc1O. The van der Waals surface area contributed by atoms with Crippen LogP contribution >= 0.6 is 11.6 Å². The first-order valence-electron chi connectivity index (χ1n) is 8.50. The molecule has 3 N–H and O–H groups in total. The molecule has 140 valence electrons. The second-order valence-corrected chi connectivity index (χ2v) is 6.49. The lowest BCUT2D eigenvalue weighted by molar-refractivity contribution is -0.385. The summed E-state index contributed by atoms with van der Waals surface area (Å²) in [6.07, 6.45) is 2.64. The largest absolute Gasteiger partial charge is 0.502 e. The number of aromatic nitrogens is 1. The second kappa shape index (κ2) is 8.66. The summed E-state index contributed by atoms with van der Waals surface area (Å²) in [5.41, 5.74) is 2.37. The van der Waals surface area contributed by atoms with E-state index in [1.807, 2.05) is 24.3 Å². The van der Waals surface area contributed by atoms with Gasteiger partial charge in [-0.05, 0) is 48.9 Å². The van der Waals surface area contributed by atoms with Gasteiger partial charge >= 0.3 is 5.69 Å². The van der Waals surface area contributed by atoms with E-state index in [1.54, 1.807) is 12.3 Å². The van der Waals surface area contributed by atoms with E-state index in [0.717, 1.165) is 41.7 Å². The molecule has 0 amide bonds. The molecule has 0 radical (unpaired) electrons. The molecule has 0 atom stereocenters. The number of nitro groups is 1. The van der Waals surface area contributed by atoms with Crippen LogP contribution in [0.15, 0.2) is 48.7 Å². The van der Waals surface area contributed by atoms with Crippen LogP contribution in [0.3, 0.4) is 0 Å². The molecule has 2 aromatic carbocycles. The van der Waals surface area contributed by atoms with Crippen molar-refractivity contribution in [2.24, 2.45) is 0 Å². The fraction of sp³-hybridized carbons (Fsp3) is 0.211. The van der Waals surface area contributed by atoms with Gasteiger partial charge < -0.3 is 15.7 Å². The lowest BCUT2D eigenvalue weighted by atomic mass is 10.2. The summed E-state index contributed by atoms with van der Waals surface area (Å²) in [4.78, 5) is 14.4. The van der Waals surface area contributed by atoms with Crippen molar-refractivity contribution in [2.75, 3.05) is 18.4 Å². The van der Waals surface area contributed by atoms with Crippen LogP contribution < -0.4 is 10.6 Å². The number of hydrogen-bond donors (Lipinski definition) is 3. The molecule has 0 fully saturated rings. The van der Waals surface area contributed by atoms with Crippen LogP contribution in [0.25, 0.3) is 10.9 Å². The first-order valence-corrected chi connectivity index (χ1v) is 8.87. The van der Waals surface area contributed by atoms with Gasteiger partial charge in [-0.1, -0.05) is 17.7 Å². The summed E-state index contributed by atoms with van der Waals surface area (Å²) >= 11 is 6.00. The molecule has 0 unspecified atom stereocenters. The van der Waals surface area contributed by atoms with Crippen LogP contribution in [0, 0.1) is 10.1 Å². The number of nitrogens with zero attached hydrogens (tertiary/aromatic N) is 2. The lowest BCUT2D eigenvalue weighted by Gasteiger charge is -2.10. The number of pyridine rings is 1. The normalized spacial score (nSPS) is 10.9. The molecule has 3 rings (SSSR count). The number of anilines is 1. The molecule has 0 bridgehead atoms. The minimum Gasteiger partial charge on any atom is -0.502 e. The van der Waals surface area contributed by atoms with Gasteiger partial charge in [0.15, 0.2) is 5.75 Å². The van der Waals surface area contributed by atoms with Crippen molar-refractivity contribution >= 4 is 33.9 Å². The molecule has 7 nitrogen and oxygen atoms in total. The average molecular weight is 387 g/mol. The predicted molar refractivity (Wildman–Crippen MR) is 106 cm³/mol. The van der Waals surface area contributed by atoms with Gasteiger partial charge in [0.2, 0.25) is 0 Å². The number of aromatic hydroxyl groups is 1. The van der Waals surface area contributed by atoms with Crippen LogP contribution in [-0.2, 0) is 6.54 Å². The van der Waals surface area contributed by atoms with Gasteiger partial charge in [0, 0.05) is 41.4 Å². The number of hydrogen-bond acceptors (Lipinski definition) is 6. The first-order chi connectivity index (χ1) is 13.0. The van der Waals surface area contributed by atoms with E-state index in [4.69, 9.17) is 11.6 Å². The fourth-order valence-electron chi connectivity index (χ4n) is 2.78. The van der Waals surface area contributed by atoms with E-state index >= 15 is 0 Å². The minimum absolute atomic E-state index is 0.284. The maximum atomic E-state index is 10.7. The summed E-state index contributed by atoms with van der Waals surface area (Å²) in [5.74, 6) is -0.314. The van der Waals surface area contributed by atoms with Crippen molar-refractivity contribution in [3.05, 3.63) is 69.4 Å². The van der Waals surface area contributed by atoms with E-state index in [1.165, 1.54) is 12.1 Å². The van der Waals surface area contributed by atoms with Gasteiger partial charge in [-0.15, -0.1) is 0 Å². The van der Waals surface area contributed by atoms with Gasteiger partial charge in [0.1, 0.15) is 0 Å². The molecule has 0 aliphatic heterocycles. The van der Waals surface area contributed by atoms with E-state index in [-0.39, 0.29) is 11.4 Å². The molecule has 1 aromatic heterocycles. The molecule has 0 saturated carbocycles. The maximum absolute atomic E-state index is 10.7. The molecule has 1 heterocycles. The highest BCUT2D eigenvalue weighted by Gasteiger charge is 2.12. The number of benzene rings is 2. The van der Waals surface area contributed by atoms with Crippen LogP contribution in [-0.4, -0.2) is 28.1 Å². The fourth-order valence-corrected chi connectivity index (χ4v) is 2.94. The summed E-state index contributed by atoms with van der Waals surface area (Å²) in [6, 6.07) is 11.9. The number of rotatable bonds is 8. The molecule has 0 aliphatic carbocycles. The van der Waals surface area contributed by atoms with E-state index in [2.05, 4.69) is 15.6 Å². The molecular formula is C19H19ClN4O3. The molecule has 0 aliphatic rings. The smallest absolute Gasteiger partial charge is 0.310 e. The number of phenols is 1. The highest BCUT2D eigenvalue weighted by atomic mass is 35.5. The Hall–Kier alpha value is -2.90. The van der Waals surface area contributed by atoms with Crippen LogP contribution in [0.4, 0.5) is 11.4 Å². The monoisotopic (exact) mass is 386 g/mol. The van der Waals surface area contributed by atoms with Gasteiger partial charge in [0.05, 0.1) is 10.4 Å². The summed E-state index contributed by atoms with van der Waals surface area (Å²) in [5, 5.41) is 28.7. The Balaban J connectivity index is 1.45. The van der Waals surface area contributed by atoms with Crippen molar-refractivity contribution in [2.45, 2.75) is 13.0 Å². The quantitative estimate of drug-likeness (QED) is 0.306. The van der Waals surface area contributed by atoms with Crippen molar-refractivity contribution in [1.29, 1.82) is 0 Å². The molecule has 0 saturated heterocycles. The van der Waals surface area contributed by atoms with Crippen molar-refractivity contribution in [3.8, 4) is 5.75 Å². The first kappa shape index (κ1) is 18.9. The Morgan fingerprint density at radius 1 is 1.15 bits per heavy atom. The highest BCUT2D eigenvalue weighted by Crippen LogP contribution is 2.26. The third-order valence-corrected chi connectivity index (χ3v) is 4.35. The zero-order chi connectivity index (χ0) is 19.2. The summed E-state index contributed by atoms with van der Waals surface area (Å²) in [6.45, 7) is 2.07. The van der Waals surface area contributed by atoms with Gasteiger partial charge in [-0.25, -0.2) is 0 Å². The third-order valence-electron chi connectivity index (χ3n) is 4.12. The molecule has 8 heteroatoms. The third kappa shape index (κ3) is 4.84. The molecule has 3 aromatic rings. The van der Waals surface area contributed by atoms with Gasteiger partial charge in [0.25, 0.3) is 0 Å². The Morgan fingerprint density at radius 3 is 2.78 bits per heavy atom. The Morgan fingerprint density at radius 2 is 2.00 bits per heavy atom. The molecule has 27 heavy (non-hydrogen) atoms.